The van der Waals surface area contributed by atoms with Crippen LogP contribution in [-0.2, 0) is 26.2 Å². The molecule has 3 rings (SSSR count). The van der Waals surface area contributed by atoms with Crippen molar-refractivity contribution in [1.82, 2.24) is 10.2 Å². The fourth-order valence-electron chi connectivity index (χ4n) is 4.03. The number of amides is 2. The molecule has 1 N–H and O–H groups in total. The molecule has 0 saturated heterocycles. The molecule has 3 aromatic rings. The fraction of sp³-hybridized carbons (Fsp3) is 0.333. The Labute approximate surface area is 247 Å². The van der Waals surface area contributed by atoms with Crippen molar-refractivity contribution in [2.75, 3.05) is 10.8 Å². The Bertz CT molecular complexity index is 1460. The van der Waals surface area contributed by atoms with Crippen LogP contribution in [0.2, 0.25) is 10.0 Å². The quantitative estimate of drug-likeness (QED) is 0.285. The maximum atomic E-state index is 14.0. The van der Waals surface area contributed by atoms with Crippen molar-refractivity contribution >= 4 is 50.7 Å². The molecule has 2 amide bonds. The average molecular weight is 605 g/mol. The molecule has 0 aliphatic rings. The minimum absolute atomic E-state index is 0.0249. The highest BCUT2D eigenvalue weighted by atomic mass is 35.5. The van der Waals surface area contributed by atoms with Crippen molar-refractivity contribution in [3.8, 4) is 0 Å². The van der Waals surface area contributed by atoms with E-state index in [2.05, 4.69) is 5.32 Å². The molecule has 0 aromatic heterocycles. The Morgan fingerprint density at radius 2 is 1.57 bits per heavy atom. The van der Waals surface area contributed by atoms with Crippen molar-refractivity contribution in [2.45, 2.75) is 64.6 Å². The smallest absolute Gasteiger partial charge is 0.264 e. The maximum absolute atomic E-state index is 14.0. The van der Waals surface area contributed by atoms with Crippen LogP contribution in [0.5, 0.6) is 0 Å². The number of rotatable bonds is 11. The topological polar surface area (TPSA) is 86.8 Å². The highest BCUT2D eigenvalue weighted by molar-refractivity contribution is 7.92. The molecule has 3 aromatic carbocycles. The maximum Gasteiger partial charge on any atom is 0.264 e. The zero-order chi connectivity index (χ0) is 29.6. The lowest BCUT2D eigenvalue weighted by Gasteiger charge is -2.32. The van der Waals surface area contributed by atoms with Gasteiger partial charge in [-0.2, -0.15) is 0 Å². The Balaban J connectivity index is 2.04. The van der Waals surface area contributed by atoms with Crippen molar-refractivity contribution in [2.24, 2.45) is 0 Å². The minimum Gasteiger partial charge on any atom is -0.352 e. The number of nitrogens with zero attached hydrogens (tertiary/aromatic N) is 2. The predicted molar refractivity (Wildman–Crippen MR) is 161 cm³/mol. The van der Waals surface area contributed by atoms with Crippen molar-refractivity contribution in [3.63, 3.8) is 0 Å². The lowest BCUT2D eigenvalue weighted by Crippen LogP contribution is -2.52. The van der Waals surface area contributed by atoms with Crippen LogP contribution in [0, 0.1) is 13.8 Å². The largest absolute Gasteiger partial charge is 0.352 e. The van der Waals surface area contributed by atoms with E-state index in [0.29, 0.717) is 21.3 Å². The Kier molecular flexibility index (Phi) is 10.6. The van der Waals surface area contributed by atoms with E-state index in [0.717, 1.165) is 21.9 Å². The van der Waals surface area contributed by atoms with Crippen LogP contribution in [0.3, 0.4) is 0 Å². The number of hydrogen-bond donors (Lipinski definition) is 1. The molecule has 7 nitrogen and oxygen atoms in total. The molecule has 0 unspecified atom stereocenters. The van der Waals surface area contributed by atoms with E-state index in [9.17, 15) is 18.0 Å². The third-order valence-electron chi connectivity index (χ3n) is 6.68. The second-order valence-electron chi connectivity index (χ2n) is 9.93. The molecule has 214 valence electrons. The third-order valence-corrected chi connectivity index (χ3v) is 9.21. The SMILES string of the molecule is CC[C@@H](C)NC(=O)[C@@H](C)N(Cc1ccc(Cl)c(Cl)c1)C(=O)CN(c1cccc(C)c1)S(=O)(=O)c1ccc(C)cc1. The van der Waals surface area contributed by atoms with E-state index < -0.39 is 28.5 Å². The first-order chi connectivity index (χ1) is 18.8. The van der Waals surface area contributed by atoms with E-state index in [1.807, 2.05) is 33.8 Å². The molecule has 2 atom stereocenters. The van der Waals surface area contributed by atoms with Crippen LogP contribution in [0.4, 0.5) is 5.69 Å². The zero-order valence-electron chi connectivity index (χ0n) is 23.3. The van der Waals surface area contributed by atoms with Gasteiger partial charge in [-0.3, -0.25) is 13.9 Å². The summed E-state index contributed by atoms with van der Waals surface area (Å²) in [6.07, 6.45) is 0.717. The standard InChI is InChI=1S/C30H35Cl2N3O4S/c1-6-22(4)33-30(37)23(5)34(18-24-12-15-27(31)28(32)17-24)29(36)19-35(25-9-7-8-21(3)16-25)40(38,39)26-13-10-20(2)11-14-26/h7-17,22-23H,6,18-19H2,1-5H3,(H,33,37)/t22-,23-/m1/s1. The van der Waals surface area contributed by atoms with Gasteiger partial charge in [-0.1, -0.05) is 66.0 Å². The first-order valence-corrected chi connectivity index (χ1v) is 15.2. The van der Waals surface area contributed by atoms with Gasteiger partial charge in [-0.25, -0.2) is 8.42 Å². The molecular formula is C30H35Cl2N3O4S. The van der Waals surface area contributed by atoms with Crippen LogP contribution in [0.1, 0.15) is 43.9 Å². The molecule has 10 heteroatoms. The number of benzene rings is 3. The number of carbonyl (C=O) groups excluding carboxylic acids is 2. The molecule has 0 spiro atoms. The van der Waals surface area contributed by atoms with Gasteiger partial charge in [0, 0.05) is 12.6 Å². The molecule has 0 saturated carbocycles. The van der Waals surface area contributed by atoms with E-state index in [1.54, 1.807) is 55.5 Å². The number of hydrogen-bond acceptors (Lipinski definition) is 4. The van der Waals surface area contributed by atoms with Gasteiger partial charge in [0.2, 0.25) is 11.8 Å². The first-order valence-electron chi connectivity index (χ1n) is 13.0. The molecule has 0 radical (unpaired) electrons. The van der Waals surface area contributed by atoms with Crippen LogP contribution in [-0.4, -0.2) is 43.8 Å². The zero-order valence-corrected chi connectivity index (χ0v) is 25.6. The summed E-state index contributed by atoms with van der Waals surface area (Å²) in [5.41, 5.74) is 2.74. The van der Waals surface area contributed by atoms with Gasteiger partial charge in [-0.15, -0.1) is 0 Å². The number of nitrogens with one attached hydrogen (secondary N) is 1. The monoisotopic (exact) mass is 603 g/mol. The van der Waals surface area contributed by atoms with Crippen LogP contribution >= 0.6 is 23.2 Å². The van der Waals surface area contributed by atoms with Gasteiger partial charge >= 0.3 is 0 Å². The highest BCUT2D eigenvalue weighted by Crippen LogP contribution is 2.27. The first kappa shape index (κ1) is 31.5. The van der Waals surface area contributed by atoms with E-state index in [-0.39, 0.29) is 23.4 Å². The van der Waals surface area contributed by atoms with Crippen molar-refractivity contribution < 1.29 is 18.0 Å². The number of halogens is 2. The summed E-state index contributed by atoms with van der Waals surface area (Å²) >= 11 is 12.3. The fourth-order valence-corrected chi connectivity index (χ4v) is 5.76. The highest BCUT2D eigenvalue weighted by Gasteiger charge is 2.33. The lowest BCUT2D eigenvalue weighted by molar-refractivity contribution is -0.139. The van der Waals surface area contributed by atoms with Gasteiger partial charge in [-0.05, 0) is 81.6 Å². The summed E-state index contributed by atoms with van der Waals surface area (Å²) in [6, 6.07) is 17.4. The average Bonchev–Trinajstić information content (AvgIpc) is 2.91. The Morgan fingerprint density at radius 1 is 0.900 bits per heavy atom. The normalized spacial score (nSPS) is 12.9. The van der Waals surface area contributed by atoms with E-state index in [4.69, 9.17) is 23.2 Å². The van der Waals surface area contributed by atoms with E-state index >= 15 is 0 Å². The molecule has 0 heterocycles. The Morgan fingerprint density at radius 3 is 2.17 bits per heavy atom. The van der Waals surface area contributed by atoms with Gasteiger partial charge in [0.05, 0.1) is 20.6 Å². The summed E-state index contributed by atoms with van der Waals surface area (Å²) in [5.74, 6) is -0.888. The molecule has 0 aliphatic heterocycles. The Hall–Kier alpha value is -3.07. The van der Waals surface area contributed by atoms with E-state index in [1.165, 1.54) is 17.0 Å². The minimum atomic E-state index is -4.12. The number of anilines is 1. The molecule has 0 aliphatic carbocycles. The van der Waals surface area contributed by atoms with Gasteiger partial charge in [0.15, 0.2) is 0 Å². The lowest BCUT2D eigenvalue weighted by atomic mass is 10.1. The van der Waals surface area contributed by atoms with Gasteiger partial charge < -0.3 is 10.2 Å². The third kappa shape index (κ3) is 7.77. The second kappa shape index (κ2) is 13.5. The van der Waals surface area contributed by atoms with Crippen LogP contribution in [0.25, 0.3) is 0 Å². The van der Waals surface area contributed by atoms with Gasteiger partial charge in [0.1, 0.15) is 12.6 Å². The van der Waals surface area contributed by atoms with Crippen molar-refractivity contribution in [3.05, 3.63) is 93.5 Å². The molecule has 40 heavy (non-hydrogen) atoms. The summed E-state index contributed by atoms with van der Waals surface area (Å²) in [7, 11) is -4.12. The summed E-state index contributed by atoms with van der Waals surface area (Å²) in [5, 5.41) is 3.59. The van der Waals surface area contributed by atoms with Crippen LogP contribution in [0.15, 0.2) is 71.6 Å². The summed E-state index contributed by atoms with van der Waals surface area (Å²) in [4.78, 5) is 28.5. The molecule has 0 fully saturated rings. The molecular weight excluding hydrogens is 569 g/mol. The number of aryl methyl sites for hydroxylation is 2. The molecule has 0 bridgehead atoms. The van der Waals surface area contributed by atoms with Crippen molar-refractivity contribution in [1.29, 1.82) is 0 Å². The number of sulfonamides is 1. The van der Waals surface area contributed by atoms with Gasteiger partial charge in [0.25, 0.3) is 10.0 Å². The summed E-state index contributed by atoms with van der Waals surface area (Å²) < 4.78 is 28.9. The number of carbonyl (C=O) groups is 2. The predicted octanol–water partition coefficient (Wildman–Crippen LogP) is 6.14. The van der Waals surface area contributed by atoms with Crippen LogP contribution < -0.4 is 9.62 Å². The summed E-state index contributed by atoms with van der Waals surface area (Å²) in [6.45, 7) is 8.68. The second-order valence-corrected chi connectivity index (χ2v) is 12.6.